The lowest BCUT2D eigenvalue weighted by molar-refractivity contribution is 0.102. The van der Waals surface area contributed by atoms with Gasteiger partial charge in [0.2, 0.25) is 0 Å². The van der Waals surface area contributed by atoms with Gasteiger partial charge in [-0.15, -0.1) is 11.3 Å². The number of carbonyl (C=O) groups is 1. The first kappa shape index (κ1) is 14.3. The highest BCUT2D eigenvalue weighted by Crippen LogP contribution is 2.17. The monoisotopic (exact) mass is 285 g/mol. The van der Waals surface area contributed by atoms with Crippen molar-refractivity contribution in [2.24, 2.45) is 5.73 Å². The Morgan fingerprint density at radius 2 is 2.25 bits per heavy atom. The van der Waals surface area contributed by atoms with Gasteiger partial charge in [0, 0.05) is 16.5 Å². The molecule has 0 aliphatic rings. The summed E-state index contributed by atoms with van der Waals surface area (Å²) in [6.45, 7) is 4.08. The Morgan fingerprint density at radius 1 is 1.45 bits per heavy atom. The standard InChI is InChI=1S/C15H15N3OS/c1-10-5-6-12(4-3-7-16)8-13(10)14(19)18-15-17-11(2)9-20-15/h5-6,8-9H,7,16H2,1-2H3,(H,17,18,19). The molecule has 4 nitrogen and oxygen atoms in total. The molecule has 0 saturated heterocycles. The van der Waals surface area contributed by atoms with Crippen molar-refractivity contribution < 1.29 is 4.79 Å². The second-order valence-electron chi connectivity index (χ2n) is 4.28. The van der Waals surface area contributed by atoms with Gasteiger partial charge < -0.3 is 5.73 Å². The molecule has 0 spiro atoms. The Kier molecular flexibility index (Phi) is 4.51. The highest BCUT2D eigenvalue weighted by molar-refractivity contribution is 7.13. The molecule has 0 unspecified atom stereocenters. The number of nitrogens with one attached hydrogen (secondary N) is 1. The van der Waals surface area contributed by atoms with Crippen LogP contribution >= 0.6 is 11.3 Å². The highest BCUT2D eigenvalue weighted by Gasteiger charge is 2.11. The first-order chi connectivity index (χ1) is 9.60. The van der Waals surface area contributed by atoms with E-state index in [2.05, 4.69) is 22.1 Å². The van der Waals surface area contributed by atoms with E-state index in [0.29, 0.717) is 17.2 Å². The molecule has 1 aromatic heterocycles. The molecule has 1 heterocycles. The Bertz CT molecular complexity index is 695. The van der Waals surface area contributed by atoms with Crippen LogP contribution in [0.3, 0.4) is 0 Å². The fourth-order valence-electron chi connectivity index (χ4n) is 1.67. The van der Waals surface area contributed by atoms with Crippen LogP contribution < -0.4 is 11.1 Å². The normalized spacial score (nSPS) is 9.75. The van der Waals surface area contributed by atoms with E-state index in [-0.39, 0.29) is 5.91 Å². The van der Waals surface area contributed by atoms with Gasteiger partial charge in [0.05, 0.1) is 12.2 Å². The van der Waals surface area contributed by atoms with Gasteiger partial charge in [-0.05, 0) is 31.5 Å². The van der Waals surface area contributed by atoms with Crippen molar-refractivity contribution in [1.82, 2.24) is 4.98 Å². The third-order valence-corrected chi connectivity index (χ3v) is 3.53. The lowest BCUT2D eigenvalue weighted by atomic mass is 10.0. The molecule has 1 amide bonds. The summed E-state index contributed by atoms with van der Waals surface area (Å²) in [6, 6.07) is 5.53. The van der Waals surface area contributed by atoms with E-state index in [1.165, 1.54) is 11.3 Å². The van der Waals surface area contributed by atoms with Crippen LogP contribution in [0.5, 0.6) is 0 Å². The van der Waals surface area contributed by atoms with Gasteiger partial charge in [-0.1, -0.05) is 17.9 Å². The van der Waals surface area contributed by atoms with E-state index in [9.17, 15) is 4.79 Å². The van der Waals surface area contributed by atoms with E-state index >= 15 is 0 Å². The van der Waals surface area contributed by atoms with Crippen LogP contribution in [0.2, 0.25) is 0 Å². The Labute approximate surface area is 122 Å². The number of carbonyl (C=O) groups excluding carboxylic acids is 1. The fourth-order valence-corrected chi connectivity index (χ4v) is 2.36. The first-order valence-electron chi connectivity index (χ1n) is 6.13. The molecule has 102 valence electrons. The van der Waals surface area contributed by atoms with Crippen molar-refractivity contribution in [2.75, 3.05) is 11.9 Å². The minimum Gasteiger partial charge on any atom is -0.320 e. The lowest BCUT2D eigenvalue weighted by Crippen LogP contribution is -2.13. The van der Waals surface area contributed by atoms with E-state index in [1.54, 1.807) is 6.07 Å². The number of thiazole rings is 1. The first-order valence-corrected chi connectivity index (χ1v) is 7.01. The van der Waals surface area contributed by atoms with Crippen LogP contribution in [0.15, 0.2) is 23.6 Å². The molecule has 0 fully saturated rings. The second kappa shape index (κ2) is 6.33. The molecule has 5 heteroatoms. The number of amides is 1. The summed E-state index contributed by atoms with van der Waals surface area (Å²) in [6.07, 6.45) is 0. The van der Waals surface area contributed by atoms with Gasteiger partial charge in [-0.25, -0.2) is 4.98 Å². The van der Waals surface area contributed by atoms with Gasteiger partial charge in [-0.2, -0.15) is 0 Å². The molecule has 0 bridgehead atoms. The maximum absolute atomic E-state index is 12.3. The van der Waals surface area contributed by atoms with Crippen LogP contribution in [0.1, 0.15) is 27.2 Å². The van der Waals surface area contributed by atoms with E-state index < -0.39 is 0 Å². The topological polar surface area (TPSA) is 68.0 Å². The largest absolute Gasteiger partial charge is 0.320 e. The molecular weight excluding hydrogens is 270 g/mol. The smallest absolute Gasteiger partial charge is 0.257 e. The predicted molar refractivity (Wildman–Crippen MR) is 81.9 cm³/mol. The second-order valence-corrected chi connectivity index (χ2v) is 5.14. The van der Waals surface area contributed by atoms with Crippen LogP contribution in [-0.2, 0) is 0 Å². The Morgan fingerprint density at radius 3 is 2.90 bits per heavy atom. The van der Waals surface area contributed by atoms with Crippen molar-refractivity contribution in [3.05, 3.63) is 46.0 Å². The van der Waals surface area contributed by atoms with Gasteiger partial charge in [-0.3, -0.25) is 10.1 Å². The third-order valence-electron chi connectivity index (χ3n) is 2.66. The lowest BCUT2D eigenvalue weighted by Gasteiger charge is -2.06. The number of nitrogens with two attached hydrogens (primary N) is 1. The molecule has 20 heavy (non-hydrogen) atoms. The quantitative estimate of drug-likeness (QED) is 0.832. The predicted octanol–water partition coefficient (Wildman–Crippen LogP) is 2.32. The van der Waals surface area contributed by atoms with Crippen molar-refractivity contribution in [3.8, 4) is 11.8 Å². The average molecular weight is 285 g/mol. The molecule has 0 aliphatic carbocycles. The number of nitrogens with zero attached hydrogens (tertiary/aromatic N) is 1. The number of anilines is 1. The van der Waals surface area contributed by atoms with Gasteiger partial charge in [0.1, 0.15) is 0 Å². The zero-order chi connectivity index (χ0) is 14.5. The zero-order valence-corrected chi connectivity index (χ0v) is 12.2. The number of aromatic nitrogens is 1. The van der Waals surface area contributed by atoms with Gasteiger partial charge in [0.15, 0.2) is 5.13 Å². The summed E-state index contributed by atoms with van der Waals surface area (Å²) in [4.78, 5) is 16.5. The van der Waals surface area contributed by atoms with Crippen molar-refractivity contribution in [2.45, 2.75) is 13.8 Å². The number of aryl methyl sites for hydroxylation is 2. The zero-order valence-electron chi connectivity index (χ0n) is 11.4. The Hall–Kier alpha value is -2.16. The fraction of sp³-hybridized carbons (Fsp3) is 0.200. The average Bonchev–Trinajstić information content (AvgIpc) is 2.83. The molecule has 2 aromatic rings. The summed E-state index contributed by atoms with van der Waals surface area (Å²) < 4.78 is 0. The SMILES string of the molecule is Cc1csc(NC(=O)c2cc(C#CCN)ccc2C)n1. The molecule has 0 aliphatic heterocycles. The number of hydrogen-bond donors (Lipinski definition) is 2. The summed E-state index contributed by atoms with van der Waals surface area (Å²) >= 11 is 1.41. The van der Waals surface area contributed by atoms with Crippen LogP contribution in [0.4, 0.5) is 5.13 Å². The molecule has 2 rings (SSSR count). The minimum absolute atomic E-state index is 0.173. The minimum atomic E-state index is -0.173. The summed E-state index contributed by atoms with van der Waals surface area (Å²) in [5, 5.41) is 5.30. The molecule has 0 radical (unpaired) electrons. The number of rotatable bonds is 2. The van der Waals surface area contributed by atoms with Crippen molar-refractivity contribution in [1.29, 1.82) is 0 Å². The summed E-state index contributed by atoms with van der Waals surface area (Å²) in [7, 11) is 0. The maximum atomic E-state index is 12.3. The van der Waals surface area contributed by atoms with E-state index in [4.69, 9.17) is 5.73 Å². The van der Waals surface area contributed by atoms with Crippen LogP contribution in [0.25, 0.3) is 0 Å². The molecule has 3 N–H and O–H groups in total. The molecule has 0 saturated carbocycles. The third kappa shape index (κ3) is 3.44. The van der Waals surface area contributed by atoms with Crippen molar-refractivity contribution >= 4 is 22.4 Å². The summed E-state index contributed by atoms with van der Waals surface area (Å²) in [5.41, 5.74) is 8.52. The van der Waals surface area contributed by atoms with Crippen LogP contribution in [0, 0.1) is 25.7 Å². The number of hydrogen-bond acceptors (Lipinski definition) is 4. The van der Waals surface area contributed by atoms with E-state index in [0.717, 1.165) is 16.8 Å². The molecule has 0 atom stereocenters. The maximum Gasteiger partial charge on any atom is 0.257 e. The van der Waals surface area contributed by atoms with Gasteiger partial charge in [0.25, 0.3) is 5.91 Å². The molecular formula is C15H15N3OS. The van der Waals surface area contributed by atoms with Crippen LogP contribution in [-0.4, -0.2) is 17.4 Å². The van der Waals surface area contributed by atoms with Gasteiger partial charge >= 0.3 is 0 Å². The van der Waals surface area contributed by atoms with E-state index in [1.807, 2.05) is 31.4 Å². The number of benzene rings is 1. The Balaban J connectivity index is 2.24. The highest BCUT2D eigenvalue weighted by atomic mass is 32.1. The molecule has 1 aromatic carbocycles. The summed E-state index contributed by atoms with van der Waals surface area (Å²) in [5.74, 6) is 5.53. The van der Waals surface area contributed by atoms with Crippen molar-refractivity contribution in [3.63, 3.8) is 0 Å².